The van der Waals surface area contributed by atoms with Crippen molar-refractivity contribution in [2.75, 3.05) is 10.6 Å². The zero-order valence-electron chi connectivity index (χ0n) is 8.16. The Morgan fingerprint density at radius 2 is 1.19 bits per heavy atom. The Bertz CT molecular complexity index is 416. The molecule has 0 spiro atoms. The fourth-order valence-electron chi connectivity index (χ4n) is 1.02. The molecule has 80 valence electrons. The molecule has 6 nitrogen and oxygen atoms in total. The molecule has 0 aliphatic carbocycles. The first-order chi connectivity index (χ1) is 7.84. The fourth-order valence-corrected chi connectivity index (χ4v) is 1.26. The molecule has 0 atom stereocenters. The minimum Gasteiger partial charge on any atom is -0.330 e. The predicted molar refractivity (Wildman–Crippen MR) is 63.9 cm³/mol. The number of nitrogens with zero attached hydrogens (tertiary/aromatic N) is 4. The molecule has 2 aromatic rings. The first-order valence-electron chi connectivity index (χ1n) is 4.42. The van der Waals surface area contributed by atoms with E-state index in [4.69, 9.17) is 12.2 Å². The quantitative estimate of drug-likeness (QED) is 0.750. The maximum atomic E-state index is 5.08. The first-order valence-corrected chi connectivity index (χ1v) is 4.83. The molecule has 16 heavy (non-hydrogen) atoms. The number of aromatic nitrogens is 4. The summed E-state index contributed by atoms with van der Waals surface area (Å²) in [6.45, 7) is 0. The third-order valence-corrected chi connectivity index (χ3v) is 1.84. The summed E-state index contributed by atoms with van der Waals surface area (Å²) < 4.78 is 0. The number of thiocarbonyl (C=S) groups is 1. The minimum atomic E-state index is 0.435. The van der Waals surface area contributed by atoms with Crippen molar-refractivity contribution >= 4 is 28.7 Å². The Morgan fingerprint density at radius 3 is 1.56 bits per heavy atom. The van der Waals surface area contributed by atoms with Gasteiger partial charge in [-0.3, -0.25) is 0 Å². The van der Waals surface area contributed by atoms with E-state index in [1.54, 1.807) is 24.8 Å². The molecule has 7 heteroatoms. The highest BCUT2D eigenvalue weighted by molar-refractivity contribution is 7.80. The lowest BCUT2D eigenvalue weighted by molar-refractivity contribution is 1.17. The second kappa shape index (κ2) is 5.08. The largest absolute Gasteiger partial charge is 0.330 e. The second-order valence-electron chi connectivity index (χ2n) is 2.83. The highest BCUT2D eigenvalue weighted by Crippen LogP contribution is 2.04. The molecule has 0 aliphatic heterocycles. The van der Waals surface area contributed by atoms with E-state index in [-0.39, 0.29) is 0 Å². The zero-order valence-corrected chi connectivity index (χ0v) is 8.98. The lowest BCUT2D eigenvalue weighted by Gasteiger charge is -2.08. The van der Waals surface area contributed by atoms with Gasteiger partial charge in [-0.1, -0.05) is 0 Å². The summed E-state index contributed by atoms with van der Waals surface area (Å²) in [5.41, 5.74) is 1.44. The van der Waals surface area contributed by atoms with E-state index >= 15 is 0 Å². The molecular weight excluding hydrogens is 224 g/mol. The van der Waals surface area contributed by atoms with Gasteiger partial charge in [0, 0.05) is 0 Å². The van der Waals surface area contributed by atoms with Crippen molar-refractivity contribution in [2.24, 2.45) is 0 Å². The predicted octanol–water partition coefficient (Wildman–Crippen LogP) is 1.08. The molecule has 2 heterocycles. The van der Waals surface area contributed by atoms with Crippen molar-refractivity contribution < 1.29 is 0 Å². The molecule has 0 saturated heterocycles. The van der Waals surface area contributed by atoms with Crippen molar-refractivity contribution in [3.05, 3.63) is 37.4 Å². The van der Waals surface area contributed by atoms with Gasteiger partial charge < -0.3 is 10.6 Å². The number of anilines is 2. The van der Waals surface area contributed by atoms with E-state index in [1.165, 1.54) is 12.7 Å². The Balaban J connectivity index is 1.95. The molecule has 0 bridgehead atoms. The standard InChI is InChI=1S/C9H8N6S/c16-9(14-7-1-10-5-11-2-7)15-8-3-12-6-13-4-8/h1-6H,(H2,14,15,16). The van der Waals surface area contributed by atoms with Crippen LogP contribution in [0, 0.1) is 0 Å². The van der Waals surface area contributed by atoms with Gasteiger partial charge in [0.1, 0.15) is 12.7 Å². The molecule has 0 amide bonds. The van der Waals surface area contributed by atoms with Crippen LogP contribution in [-0.2, 0) is 0 Å². The van der Waals surface area contributed by atoms with Gasteiger partial charge in [-0.2, -0.15) is 0 Å². The van der Waals surface area contributed by atoms with Gasteiger partial charge in [-0.25, -0.2) is 19.9 Å². The van der Waals surface area contributed by atoms with Gasteiger partial charge >= 0.3 is 0 Å². The molecule has 0 saturated carbocycles. The summed E-state index contributed by atoms with van der Waals surface area (Å²) in [6.07, 6.45) is 9.41. The summed E-state index contributed by atoms with van der Waals surface area (Å²) in [5.74, 6) is 0. The topological polar surface area (TPSA) is 75.6 Å². The Hall–Kier alpha value is -2.15. The average molecular weight is 232 g/mol. The van der Waals surface area contributed by atoms with E-state index in [1.807, 2.05) is 0 Å². The van der Waals surface area contributed by atoms with Crippen LogP contribution in [0.25, 0.3) is 0 Å². The summed E-state index contributed by atoms with van der Waals surface area (Å²) in [4.78, 5) is 15.4. The Kier molecular flexibility index (Phi) is 3.29. The Labute approximate surface area is 97.2 Å². The van der Waals surface area contributed by atoms with E-state index in [9.17, 15) is 0 Å². The van der Waals surface area contributed by atoms with E-state index < -0.39 is 0 Å². The number of rotatable bonds is 2. The maximum Gasteiger partial charge on any atom is 0.175 e. The van der Waals surface area contributed by atoms with Crippen LogP contribution in [0.15, 0.2) is 37.4 Å². The summed E-state index contributed by atoms with van der Waals surface area (Å²) >= 11 is 5.08. The van der Waals surface area contributed by atoms with Crippen molar-refractivity contribution in [3.8, 4) is 0 Å². The molecule has 0 fully saturated rings. The lowest BCUT2D eigenvalue weighted by atomic mass is 10.5. The number of nitrogens with one attached hydrogen (secondary N) is 2. The van der Waals surface area contributed by atoms with Gasteiger partial charge in [-0.15, -0.1) is 0 Å². The highest BCUT2D eigenvalue weighted by Gasteiger charge is 1.98. The van der Waals surface area contributed by atoms with Crippen LogP contribution in [0.4, 0.5) is 11.4 Å². The second-order valence-corrected chi connectivity index (χ2v) is 3.24. The van der Waals surface area contributed by atoms with Gasteiger partial charge in [0.2, 0.25) is 0 Å². The van der Waals surface area contributed by atoms with Crippen LogP contribution in [-0.4, -0.2) is 25.0 Å². The highest BCUT2D eigenvalue weighted by atomic mass is 32.1. The van der Waals surface area contributed by atoms with Crippen molar-refractivity contribution in [1.82, 2.24) is 19.9 Å². The Morgan fingerprint density at radius 1 is 0.812 bits per heavy atom. The summed E-state index contributed by atoms with van der Waals surface area (Å²) in [6, 6.07) is 0. The third kappa shape index (κ3) is 2.92. The van der Waals surface area contributed by atoms with Crippen LogP contribution in [0.1, 0.15) is 0 Å². The normalized spacial score (nSPS) is 9.50. The van der Waals surface area contributed by atoms with E-state index in [0.717, 1.165) is 11.4 Å². The summed E-state index contributed by atoms with van der Waals surface area (Å²) in [5, 5.41) is 6.30. The van der Waals surface area contributed by atoms with Gasteiger partial charge in [0.25, 0.3) is 0 Å². The average Bonchev–Trinajstić information content (AvgIpc) is 2.31. The van der Waals surface area contributed by atoms with Crippen molar-refractivity contribution in [2.45, 2.75) is 0 Å². The van der Waals surface area contributed by atoms with Crippen LogP contribution >= 0.6 is 12.2 Å². The SMILES string of the molecule is S=C(Nc1cncnc1)Nc1cncnc1. The molecule has 0 aliphatic rings. The van der Waals surface area contributed by atoms with Crippen molar-refractivity contribution in [1.29, 1.82) is 0 Å². The lowest BCUT2D eigenvalue weighted by Crippen LogP contribution is -2.19. The monoisotopic (exact) mass is 232 g/mol. The smallest absolute Gasteiger partial charge is 0.175 e. The van der Waals surface area contributed by atoms with Gasteiger partial charge in [0.05, 0.1) is 36.2 Å². The molecule has 2 N–H and O–H groups in total. The van der Waals surface area contributed by atoms with Gasteiger partial charge in [0.15, 0.2) is 5.11 Å². The number of hydrogen-bond acceptors (Lipinski definition) is 5. The van der Waals surface area contributed by atoms with E-state index in [0.29, 0.717) is 5.11 Å². The molecule has 0 unspecified atom stereocenters. The zero-order chi connectivity index (χ0) is 11.2. The molecule has 2 aromatic heterocycles. The molecule has 0 radical (unpaired) electrons. The van der Waals surface area contributed by atoms with E-state index in [2.05, 4.69) is 30.6 Å². The summed E-state index contributed by atoms with van der Waals surface area (Å²) in [7, 11) is 0. The molecule has 0 aromatic carbocycles. The third-order valence-electron chi connectivity index (χ3n) is 1.64. The fraction of sp³-hybridized carbons (Fsp3) is 0. The minimum absolute atomic E-state index is 0.435. The number of hydrogen-bond donors (Lipinski definition) is 2. The first kappa shape index (κ1) is 10.4. The maximum absolute atomic E-state index is 5.08. The molecular formula is C9H8N6S. The van der Waals surface area contributed by atoms with Crippen LogP contribution in [0.5, 0.6) is 0 Å². The van der Waals surface area contributed by atoms with Crippen molar-refractivity contribution in [3.63, 3.8) is 0 Å². The van der Waals surface area contributed by atoms with Gasteiger partial charge in [-0.05, 0) is 12.2 Å². The van der Waals surface area contributed by atoms with Crippen LogP contribution < -0.4 is 10.6 Å². The van der Waals surface area contributed by atoms with Crippen LogP contribution in [0.3, 0.4) is 0 Å². The molecule has 2 rings (SSSR count). The van der Waals surface area contributed by atoms with Crippen LogP contribution in [0.2, 0.25) is 0 Å².